The maximum Gasteiger partial charge on any atom is 0.264 e. The van der Waals surface area contributed by atoms with Crippen LogP contribution in [0.5, 0.6) is 0 Å². The number of nitrogens with zero attached hydrogens (tertiary/aromatic N) is 2. The maximum absolute atomic E-state index is 13.4. The second-order valence-electron chi connectivity index (χ2n) is 7.71. The standard InChI is InChI=1S/C25H27N3O3S/c1-18-9-13-22(14-10-18)21(4)26-27-25(29)17-28(24-8-6-5-7-20(24)3)32(30,31)23-15-11-19(2)12-16-23/h5-16H,17H2,1-4H3,(H,27,29)/b26-21-. The molecule has 3 aromatic rings. The highest BCUT2D eigenvalue weighted by Gasteiger charge is 2.28. The van der Waals surface area contributed by atoms with Gasteiger partial charge in [-0.05, 0) is 57.0 Å². The number of carbonyl (C=O) groups is 1. The van der Waals surface area contributed by atoms with Gasteiger partial charge in [0.2, 0.25) is 0 Å². The molecule has 166 valence electrons. The summed E-state index contributed by atoms with van der Waals surface area (Å²) in [7, 11) is -3.96. The van der Waals surface area contributed by atoms with E-state index in [1.807, 2.05) is 57.2 Å². The van der Waals surface area contributed by atoms with E-state index >= 15 is 0 Å². The van der Waals surface area contributed by atoms with Gasteiger partial charge in [-0.1, -0.05) is 65.7 Å². The van der Waals surface area contributed by atoms with Crippen molar-refractivity contribution in [1.29, 1.82) is 0 Å². The largest absolute Gasteiger partial charge is 0.271 e. The molecule has 7 heteroatoms. The number of hydrazone groups is 1. The SMILES string of the molecule is C/C(=N/NC(=O)CN(c1ccccc1C)S(=O)(=O)c1ccc(C)cc1)c1ccc(C)cc1. The molecule has 0 aliphatic rings. The lowest BCUT2D eigenvalue weighted by molar-refractivity contribution is -0.119. The van der Waals surface area contributed by atoms with E-state index in [0.29, 0.717) is 11.4 Å². The van der Waals surface area contributed by atoms with Gasteiger partial charge in [0.05, 0.1) is 16.3 Å². The highest BCUT2D eigenvalue weighted by molar-refractivity contribution is 7.92. The fourth-order valence-corrected chi connectivity index (χ4v) is 4.64. The van der Waals surface area contributed by atoms with Crippen molar-refractivity contribution in [3.63, 3.8) is 0 Å². The molecule has 1 N–H and O–H groups in total. The van der Waals surface area contributed by atoms with Crippen molar-refractivity contribution in [2.45, 2.75) is 32.6 Å². The van der Waals surface area contributed by atoms with Gasteiger partial charge in [-0.15, -0.1) is 0 Å². The van der Waals surface area contributed by atoms with Crippen molar-refractivity contribution in [3.8, 4) is 0 Å². The first-order chi connectivity index (χ1) is 15.2. The maximum atomic E-state index is 13.4. The Kier molecular flexibility index (Phi) is 7.10. The first-order valence-electron chi connectivity index (χ1n) is 10.2. The zero-order valence-corrected chi connectivity index (χ0v) is 19.5. The summed E-state index contributed by atoms with van der Waals surface area (Å²) in [4.78, 5) is 12.9. The Morgan fingerprint density at radius 1 is 0.875 bits per heavy atom. The van der Waals surface area contributed by atoms with E-state index in [1.165, 1.54) is 0 Å². The van der Waals surface area contributed by atoms with Crippen LogP contribution < -0.4 is 9.73 Å². The van der Waals surface area contributed by atoms with E-state index in [2.05, 4.69) is 10.5 Å². The summed E-state index contributed by atoms with van der Waals surface area (Å²) in [5.74, 6) is -0.532. The summed E-state index contributed by atoms with van der Waals surface area (Å²) in [5, 5.41) is 4.16. The molecule has 0 spiro atoms. The van der Waals surface area contributed by atoms with E-state index in [-0.39, 0.29) is 4.90 Å². The smallest absolute Gasteiger partial charge is 0.264 e. The molecule has 32 heavy (non-hydrogen) atoms. The van der Waals surface area contributed by atoms with E-state index in [1.54, 1.807) is 43.3 Å². The molecule has 0 bridgehead atoms. The molecular weight excluding hydrogens is 422 g/mol. The number of anilines is 1. The van der Waals surface area contributed by atoms with Crippen LogP contribution in [-0.4, -0.2) is 26.6 Å². The van der Waals surface area contributed by atoms with Gasteiger partial charge >= 0.3 is 0 Å². The van der Waals surface area contributed by atoms with Gasteiger partial charge in [0, 0.05) is 0 Å². The molecule has 0 radical (unpaired) electrons. The number of aryl methyl sites for hydroxylation is 3. The summed E-state index contributed by atoms with van der Waals surface area (Å²) in [5.41, 5.74) is 7.26. The average molecular weight is 450 g/mol. The third kappa shape index (κ3) is 5.42. The highest BCUT2D eigenvalue weighted by atomic mass is 32.2. The molecule has 0 saturated carbocycles. The molecule has 3 rings (SSSR count). The molecule has 0 aliphatic carbocycles. The Hall–Kier alpha value is -3.45. The second kappa shape index (κ2) is 9.78. The predicted octanol–water partition coefficient (Wildman–Crippen LogP) is 4.35. The van der Waals surface area contributed by atoms with Gasteiger partial charge < -0.3 is 0 Å². The van der Waals surface area contributed by atoms with E-state index in [9.17, 15) is 13.2 Å². The molecule has 0 heterocycles. The van der Waals surface area contributed by atoms with Gasteiger partial charge in [-0.25, -0.2) is 13.8 Å². The first-order valence-corrected chi connectivity index (χ1v) is 11.7. The monoisotopic (exact) mass is 449 g/mol. The van der Waals surface area contributed by atoms with Crippen molar-refractivity contribution in [2.75, 3.05) is 10.8 Å². The molecular formula is C25H27N3O3S. The molecule has 1 amide bonds. The van der Waals surface area contributed by atoms with Crippen LogP contribution >= 0.6 is 0 Å². The number of hydrogen-bond acceptors (Lipinski definition) is 4. The number of sulfonamides is 1. The van der Waals surface area contributed by atoms with Gasteiger partial charge in [0.1, 0.15) is 6.54 Å². The zero-order chi connectivity index (χ0) is 23.3. The fourth-order valence-electron chi connectivity index (χ4n) is 3.15. The second-order valence-corrected chi connectivity index (χ2v) is 9.57. The molecule has 0 aliphatic heterocycles. The minimum Gasteiger partial charge on any atom is -0.271 e. The van der Waals surface area contributed by atoms with Crippen LogP contribution in [0.15, 0.2) is 82.8 Å². The molecule has 3 aromatic carbocycles. The van der Waals surface area contributed by atoms with Gasteiger partial charge in [-0.2, -0.15) is 5.10 Å². The van der Waals surface area contributed by atoms with Crippen LogP contribution in [0.1, 0.15) is 29.2 Å². The Balaban J connectivity index is 1.88. The topological polar surface area (TPSA) is 78.8 Å². The Labute approximate surface area is 189 Å². The predicted molar refractivity (Wildman–Crippen MR) is 128 cm³/mol. The van der Waals surface area contributed by atoms with Crippen LogP contribution in [0.3, 0.4) is 0 Å². The molecule has 0 atom stereocenters. The lowest BCUT2D eigenvalue weighted by Crippen LogP contribution is -2.40. The molecule has 6 nitrogen and oxygen atoms in total. The van der Waals surface area contributed by atoms with E-state index < -0.39 is 22.5 Å². The number of benzene rings is 3. The number of amides is 1. The van der Waals surface area contributed by atoms with Gasteiger partial charge in [0.15, 0.2) is 0 Å². The van der Waals surface area contributed by atoms with Crippen LogP contribution in [0.2, 0.25) is 0 Å². The summed E-state index contributed by atoms with van der Waals surface area (Å²) >= 11 is 0. The lowest BCUT2D eigenvalue weighted by Gasteiger charge is -2.25. The minimum atomic E-state index is -3.96. The van der Waals surface area contributed by atoms with Crippen LogP contribution in [0.4, 0.5) is 5.69 Å². The van der Waals surface area contributed by atoms with Gasteiger partial charge in [0.25, 0.3) is 15.9 Å². The summed E-state index contributed by atoms with van der Waals surface area (Å²) in [6.45, 7) is 7.08. The number of para-hydroxylation sites is 1. The molecule has 0 unspecified atom stereocenters. The quantitative estimate of drug-likeness (QED) is 0.430. The zero-order valence-electron chi connectivity index (χ0n) is 18.7. The van der Waals surface area contributed by atoms with E-state index in [0.717, 1.165) is 26.6 Å². The van der Waals surface area contributed by atoms with Crippen molar-refractivity contribution < 1.29 is 13.2 Å². The van der Waals surface area contributed by atoms with E-state index in [4.69, 9.17) is 0 Å². The highest BCUT2D eigenvalue weighted by Crippen LogP contribution is 2.26. The number of rotatable bonds is 7. The number of hydrogen-bond donors (Lipinski definition) is 1. The number of carbonyl (C=O) groups excluding carboxylic acids is 1. The van der Waals surface area contributed by atoms with Gasteiger partial charge in [-0.3, -0.25) is 9.10 Å². The number of nitrogens with one attached hydrogen (secondary N) is 1. The van der Waals surface area contributed by atoms with Crippen LogP contribution in [0, 0.1) is 20.8 Å². The normalized spacial score (nSPS) is 11.8. The van der Waals surface area contributed by atoms with Crippen LogP contribution in [0.25, 0.3) is 0 Å². The Bertz CT molecular complexity index is 1230. The summed E-state index contributed by atoms with van der Waals surface area (Å²) < 4.78 is 28.0. The first kappa shape index (κ1) is 23.2. The van der Waals surface area contributed by atoms with Crippen molar-refractivity contribution in [1.82, 2.24) is 5.43 Å². The molecule has 0 fully saturated rings. The summed E-state index contributed by atoms with van der Waals surface area (Å²) in [6, 6.07) is 21.4. The molecule has 0 aromatic heterocycles. The minimum absolute atomic E-state index is 0.124. The van der Waals surface area contributed by atoms with Crippen LogP contribution in [-0.2, 0) is 14.8 Å². The third-order valence-corrected chi connectivity index (χ3v) is 6.87. The van der Waals surface area contributed by atoms with Crippen molar-refractivity contribution >= 4 is 27.3 Å². The Morgan fingerprint density at radius 2 is 1.44 bits per heavy atom. The lowest BCUT2D eigenvalue weighted by atomic mass is 10.1. The van der Waals surface area contributed by atoms with Crippen molar-refractivity contribution in [3.05, 3.63) is 95.1 Å². The fraction of sp³-hybridized carbons (Fsp3) is 0.200. The Morgan fingerprint density at radius 3 is 2.03 bits per heavy atom. The summed E-state index contributed by atoms with van der Waals surface area (Å²) in [6.07, 6.45) is 0. The molecule has 0 saturated heterocycles. The van der Waals surface area contributed by atoms with Crippen molar-refractivity contribution in [2.24, 2.45) is 5.10 Å². The average Bonchev–Trinajstić information content (AvgIpc) is 2.77. The third-order valence-electron chi connectivity index (χ3n) is 5.10.